The molecule has 2 aromatic carbocycles. The Hall–Kier alpha value is -2.93. The van der Waals surface area contributed by atoms with E-state index in [9.17, 15) is 4.79 Å². The molecular formula is C18H17N3O3S. The minimum absolute atomic E-state index is 0.236. The van der Waals surface area contributed by atoms with Gasteiger partial charge in [-0.1, -0.05) is 11.3 Å². The van der Waals surface area contributed by atoms with Gasteiger partial charge in [0.2, 0.25) is 5.13 Å². The molecule has 3 aromatic rings. The number of benzene rings is 2. The van der Waals surface area contributed by atoms with E-state index in [4.69, 9.17) is 9.47 Å². The maximum Gasteiger partial charge on any atom is 0.257 e. The van der Waals surface area contributed by atoms with E-state index < -0.39 is 0 Å². The van der Waals surface area contributed by atoms with Crippen LogP contribution in [0, 0.1) is 0 Å². The van der Waals surface area contributed by atoms with Crippen molar-refractivity contribution in [2.45, 2.75) is 6.92 Å². The SMILES string of the molecule is CCOc1ccc(C(=O)Nc2nnc(-c3ccc(OC)cc3)s2)cc1. The summed E-state index contributed by atoms with van der Waals surface area (Å²) in [6.45, 7) is 2.50. The van der Waals surface area contributed by atoms with Crippen molar-refractivity contribution in [3.63, 3.8) is 0 Å². The number of amides is 1. The number of hydrogen-bond acceptors (Lipinski definition) is 6. The maximum atomic E-state index is 12.3. The second-order valence-electron chi connectivity index (χ2n) is 5.05. The van der Waals surface area contributed by atoms with Crippen molar-refractivity contribution in [2.75, 3.05) is 19.0 Å². The maximum absolute atomic E-state index is 12.3. The standard InChI is InChI=1S/C18H17N3O3S/c1-3-24-15-10-4-12(5-11-15)16(22)19-18-21-20-17(25-18)13-6-8-14(23-2)9-7-13/h4-11H,3H2,1-2H3,(H,19,21,22). The average Bonchev–Trinajstić information content (AvgIpc) is 3.11. The molecule has 1 heterocycles. The van der Waals surface area contributed by atoms with Gasteiger partial charge in [-0.25, -0.2) is 0 Å². The third kappa shape index (κ3) is 4.13. The number of hydrogen-bond donors (Lipinski definition) is 1. The summed E-state index contributed by atoms with van der Waals surface area (Å²) in [7, 11) is 1.62. The van der Waals surface area contributed by atoms with Crippen LogP contribution in [0.5, 0.6) is 11.5 Å². The third-order valence-corrected chi connectivity index (χ3v) is 4.30. The Kier molecular flexibility index (Phi) is 5.25. The topological polar surface area (TPSA) is 73.3 Å². The lowest BCUT2D eigenvalue weighted by Gasteiger charge is -2.04. The lowest BCUT2D eigenvalue weighted by atomic mass is 10.2. The van der Waals surface area contributed by atoms with Crippen molar-refractivity contribution in [3.8, 4) is 22.1 Å². The number of aromatic nitrogens is 2. The molecule has 0 saturated carbocycles. The molecule has 0 unspecified atom stereocenters. The van der Waals surface area contributed by atoms with Crippen LogP contribution in [0.3, 0.4) is 0 Å². The van der Waals surface area contributed by atoms with E-state index in [1.54, 1.807) is 31.4 Å². The van der Waals surface area contributed by atoms with Crippen molar-refractivity contribution < 1.29 is 14.3 Å². The van der Waals surface area contributed by atoms with Crippen LogP contribution in [-0.2, 0) is 0 Å². The molecule has 7 heteroatoms. The van der Waals surface area contributed by atoms with Crippen molar-refractivity contribution in [2.24, 2.45) is 0 Å². The van der Waals surface area contributed by atoms with Gasteiger partial charge in [0, 0.05) is 11.1 Å². The molecule has 0 aliphatic carbocycles. The summed E-state index contributed by atoms with van der Waals surface area (Å²) in [5, 5.41) is 12.1. The number of rotatable bonds is 6. The molecule has 25 heavy (non-hydrogen) atoms. The van der Waals surface area contributed by atoms with Gasteiger partial charge in [-0.3, -0.25) is 10.1 Å². The number of methoxy groups -OCH3 is 1. The predicted molar refractivity (Wildman–Crippen MR) is 97.5 cm³/mol. The highest BCUT2D eigenvalue weighted by atomic mass is 32.1. The zero-order valence-corrected chi connectivity index (χ0v) is 14.7. The fourth-order valence-corrected chi connectivity index (χ4v) is 2.91. The Morgan fingerprint density at radius 1 is 1.04 bits per heavy atom. The first-order chi connectivity index (χ1) is 12.2. The summed E-state index contributed by atoms with van der Waals surface area (Å²) >= 11 is 1.31. The zero-order chi connectivity index (χ0) is 17.6. The van der Waals surface area contributed by atoms with E-state index in [2.05, 4.69) is 15.5 Å². The number of carbonyl (C=O) groups is 1. The predicted octanol–water partition coefficient (Wildman–Crippen LogP) is 3.86. The molecule has 6 nitrogen and oxygen atoms in total. The van der Waals surface area contributed by atoms with Crippen LogP contribution in [0.15, 0.2) is 48.5 Å². The molecule has 0 fully saturated rings. The molecule has 1 aromatic heterocycles. The summed E-state index contributed by atoms with van der Waals surface area (Å²) in [6.07, 6.45) is 0. The number of ether oxygens (including phenoxy) is 2. The van der Waals surface area contributed by atoms with Gasteiger partial charge in [-0.2, -0.15) is 0 Å². The lowest BCUT2D eigenvalue weighted by molar-refractivity contribution is 0.102. The van der Waals surface area contributed by atoms with Crippen LogP contribution in [-0.4, -0.2) is 29.8 Å². The molecule has 3 rings (SSSR count). The van der Waals surface area contributed by atoms with Gasteiger partial charge in [0.1, 0.15) is 16.5 Å². The average molecular weight is 355 g/mol. The van der Waals surface area contributed by atoms with Crippen LogP contribution in [0.4, 0.5) is 5.13 Å². The fourth-order valence-electron chi connectivity index (χ4n) is 2.16. The van der Waals surface area contributed by atoms with Gasteiger partial charge in [0.25, 0.3) is 5.91 Å². The van der Waals surface area contributed by atoms with Crippen molar-refractivity contribution in [1.29, 1.82) is 0 Å². The first-order valence-corrected chi connectivity index (χ1v) is 8.53. The summed E-state index contributed by atoms with van der Waals surface area (Å²) in [5.74, 6) is 1.27. The third-order valence-electron chi connectivity index (χ3n) is 3.41. The lowest BCUT2D eigenvalue weighted by Crippen LogP contribution is -2.11. The summed E-state index contributed by atoms with van der Waals surface area (Å²) in [4.78, 5) is 12.3. The molecule has 0 bridgehead atoms. The number of carbonyl (C=O) groups excluding carboxylic acids is 1. The van der Waals surface area contributed by atoms with E-state index in [0.717, 1.165) is 22.1 Å². The second-order valence-corrected chi connectivity index (χ2v) is 6.03. The molecule has 0 aliphatic heterocycles. The van der Waals surface area contributed by atoms with Gasteiger partial charge in [0.05, 0.1) is 13.7 Å². The van der Waals surface area contributed by atoms with Crippen LogP contribution in [0.25, 0.3) is 10.6 Å². The van der Waals surface area contributed by atoms with Gasteiger partial charge in [-0.05, 0) is 55.5 Å². The minimum atomic E-state index is -0.236. The monoisotopic (exact) mass is 355 g/mol. The summed E-state index contributed by atoms with van der Waals surface area (Å²) in [5.41, 5.74) is 1.45. The van der Waals surface area contributed by atoms with Crippen LogP contribution < -0.4 is 14.8 Å². The van der Waals surface area contributed by atoms with Crippen molar-refractivity contribution in [1.82, 2.24) is 10.2 Å². The number of nitrogens with one attached hydrogen (secondary N) is 1. The molecule has 0 atom stereocenters. The Bertz CT molecular complexity index is 845. The quantitative estimate of drug-likeness (QED) is 0.727. The molecule has 128 valence electrons. The fraction of sp³-hybridized carbons (Fsp3) is 0.167. The molecule has 1 amide bonds. The van der Waals surface area contributed by atoms with Gasteiger partial charge in [-0.15, -0.1) is 10.2 Å². The van der Waals surface area contributed by atoms with Crippen LogP contribution in [0.2, 0.25) is 0 Å². The van der Waals surface area contributed by atoms with E-state index in [1.165, 1.54) is 11.3 Å². The van der Waals surface area contributed by atoms with Gasteiger partial charge in [0.15, 0.2) is 0 Å². The second kappa shape index (κ2) is 7.76. The largest absolute Gasteiger partial charge is 0.497 e. The van der Waals surface area contributed by atoms with Crippen molar-refractivity contribution >= 4 is 22.4 Å². The van der Waals surface area contributed by atoms with Crippen molar-refractivity contribution in [3.05, 3.63) is 54.1 Å². The molecule has 0 radical (unpaired) electrons. The van der Waals surface area contributed by atoms with E-state index in [1.807, 2.05) is 31.2 Å². The zero-order valence-electron chi connectivity index (χ0n) is 13.9. The Balaban J connectivity index is 1.68. The number of anilines is 1. The summed E-state index contributed by atoms with van der Waals surface area (Å²) < 4.78 is 10.5. The molecule has 0 spiro atoms. The summed E-state index contributed by atoms with van der Waals surface area (Å²) in [6, 6.07) is 14.5. The molecule has 0 saturated heterocycles. The Morgan fingerprint density at radius 3 is 2.36 bits per heavy atom. The molecule has 1 N–H and O–H groups in total. The number of nitrogens with zero attached hydrogens (tertiary/aromatic N) is 2. The molecular weight excluding hydrogens is 338 g/mol. The Morgan fingerprint density at radius 2 is 1.72 bits per heavy atom. The van der Waals surface area contributed by atoms with Crippen LogP contribution in [0.1, 0.15) is 17.3 Å². The minimum Gasteiger partial charge on any atom is -0.497 e. The Labute approximate surface area is 149 Å². The highest BCUT2D eigenvalue weighted by Gasteiger charge is 2.11. The smallest absolute Gasteiger partial charge is 0.257 e. The molecule has 0 aliphatic rings. The van der Waals surface area contributed by atoms with Gasteiger partial charge < -0.3 is 9.47 Å². The van der Waals surface area contributed by atoms with E-state index in [-0.39, 0.29) is 5.91 Å². The van der Waals surface area contributed by atoms with E-state index >= 15 is 0 Å². The highest BCUT2D eigenvalue weighted by molar-refractivity contribution is 7.18. The highest BCUT2D eigenvalue weighted by Crippen LogP contribution is 2.28. The normalized spacial score (nSPS) is 10.3. The first kappa shape index (κ1) is 16.9. The van der Waals surface area contributed by atoms with E-state index in [0.29, 0.717) is 17.3 Å². The van der Waals surface area contributed by atoms with Crippen LogP contribution >= 0.6 is 11.3 Å². The van der Waals surface area contributed by atoms with Gasteiger partial charge >= 0.3 is 0 Å². The first-order valence-electron chi connectivity index (χ1n) is 7.71.